The van der Waals surface area contributed by atoms with Gasteiger partial charge in [-0.05, 0) is 42.5 Å². The zero-order chi connectivity index (χ0) is 23.5. The predicted molar refractivity (Wildman–Crippen MR) is 131 cm³/mol. The van der Waals surface area contributed by atoms with Crippen molar-refractivity contribution in [3.63, 3.8) is 0 Å². The van der Waals surface area contributed by atoms with Gasteiger partial charge in [0.2, 0.25) is 0 Å². The number of ether oxygens (including phenoxy) is 1. The van der Waals surface area contributed by atoms with Gasteiger partial charge >= 0.3 is 0 Å². The first kappa shape index (κ1) is 20.9. The molecule has 164 valence electrons. The quantitative estimate of drug-likeness (QED) is 0.390. The maximum atomic E-state index is 12.6. The second kappa shape index (κ2) is 8.88. The van der Waals surface area contributed by atoms with Crippen molar-refractivity contribution in [3.05, 3.63) is 107 Å². The van der Waals surface area contributed by atoms with E-state index in [2.05, 4.69) is 16.0 Å². The Kier molecular flexibility index (Phi) is 5.46. The number of rotatable bonds is 5. The van der Waals surface area contributed by atoms with E-state index in [4.69, 9.17) is 9.84 Å². The van der Waals surface area contributed by atoms with Gasteiger partial charge in [0.25, 0.3) is 5.56 Å². The van der Waals surface area contributed by atoms with Gasteiger partial charge in [-0.15, -0.1) is 0 Å². The third kappa shape index (κ3) is 3.96. The SMILES string of the molecule is COc1cccc(-c2nn(-c3ccccc3)cc2/C=C(\C#N)c2nc3ccccc3c(=O)[nH]2)c1. The van der Waals surface area contributed by atoms with E-state index >= 15 is 0 Å². The maximum Gasteiger partial charge on any atom is 0.259 e. The molecule has 0 bridgehead atoms. The molecule has 34 heavy (non-hydrogen) atoms. The van der Waals surface area contributed by atoms with Gasteiger partial charge in [-0.3, -0.25) is 4.79 Å². The number of nitrogens with zero attached hydrogens (tertiary/aromatic N) is 4. The van der Waals surface area contributed by atoms with Crippen molar-refractivity contribution < 1.29 is 4.74 Å². The fraction of sp³-hybridized carbons (Fsp3) is 0.0370. The average Bonchev–Trinajstić information content (AvgIpc) is 3.32. The Hall–Kier alpha value is -4.96. The largest absolute Gasteiger partial charge is 0.497 e. The highest BCUT2D eigenvalue weighted by Crippen LogP contribution is 2.29. The summed E-state index contributed by atoms with van der Waals surface area (Å²) >= 11 is 0. The molecule has 0 saturated heterocycles. The van der Waals surface area contributed by atoms with Crippen molar-refractivity contribution in [2.45, 2.75) is 0 Å². The molecule has 2 aromatic heterocycles. The molecule has 0 aliphatic rings. The number of hydrogen-bond acceptors (Lipinski definition) is 5. The smallest absolute Gasteiger partial charge is 0.259 e. The monoisotopic (exact) mass is 445 g/mol. The molecule has 0 atom stereocenters. The van der Waals surface area contributed by atoms with E-state index in [1.54, 1.807) is 42.1 Å². The summed E-state index contributed by atoms with van der Waals surface area (Å²) in [7, 11) is 1.61. The first-order valence-corrected chi connectivity index (χ1v) is 10.6. The van der Waals surface area contributed by atoms with Crippen LogP contribution in [-0.4, -0.2) is 26.9 Å². The number of para-hydroxylation sites is 2. The molecule has 0 saturated carbocycles. The number of fused-ring (bicyclic) bond motifs is 1. The molecule has 7 heteroatoms. The number of H-pyrrole nitrogens is 1. The van der Waals surface area contributed by atoms with Gasteiger partial charge in [-0.1, -0.05) is 42.5 Å². The number of nitrogens with one attached hydrogen (secondary N) is 1. The Labute approximate surface area is 195 Å². The molecule has 0 aliphatic heterocycles. The summed E-state index contributed by atoms with van der Waals surface area (Å²) in [5, 5.41) is 15.2. The standard InChI is InChI=1S/C27H19N5O2/c1-34-22-11-7-8-18(15-22)25-20(17-32(31-25)21-9-3-2-4-10-21)14-19(16-28)26-29-24-13-6-5-12-23(24)27(33)30-26/h2-15,17H,1H3,(H,29,30,33)/b19-14+. The topological polar surface area (TPSA) is 96.6 Å². The fourth-order valence-corrected chi connectivity index (χ4v) is 3.72. The van der Waals surface area contributed by atoms with E-state index < -0.39 is 0 Å². The normalized spacial score (nSPS) is 11.4. The van der Waals surface area contributed by atoms with Crippen molar-refractivity contribution >= 4 is 22.6 Å². The molecule has 2 heterocycles. The Morgan fingerprint density at radius 3 is 2.65 bits per heavy atom. The fourth-order valence-electron chi connectivity index (χ4n) is 3.72. The van der Waals surface area contributed by atoms with Gasteiger partial charge in [0.1, 0.15) is 17.5 Å². The molecular weight excluding hydrogens is 426 g/mol. The molecule has 0 radical (unpaired) electrons. The van der Waals surface area contributed by atoms with Gasteiger partial charge in [0.15, 0.2) is 5.82 Å². The highest BCUT2D eigenvalue weighted by Gasteiger charge is 2.15. The average molecular weight is 445 g/mol. The Morgan fingerprint density at radius 2 is 1.85 bits per heavy atom. The minimum Gasteiger partial charge on any atom is -0.497 e. The number of aromatic nitrogens is 4. The summed E-state index contributed by atoms with van der Waals surface area (Å²) in [6, 6.07) is 26.5. The highest BCUT2D eigenvalue weighted by atomic mass is 16.5. The second-order valence-corrected chi connectivity index (χ2v) is 7.55. The van der Waals surface area contributed by atoms with Gasteiger partial charge in [-0.2, -0.15) is 10.4 Å². The number of hydrogen-bond donors (Lipinski definition) is 1. The lowest BCUT2D eigenvalue weighted by atomic mass is 10.1. The van der Waals surface area contributed by atoms with Crippen LogP contribution in [0.2, 0.25) is 0 Å². The van der Waals surface area contributed by atoms with Crippen LogP contribution in [0.3, 0.4) is 0 Å². The van der Waals surface area contributed by atoms with Crippen LogP contribution in [0.5, 0.6) is 5.75 Å². The molecule has 0 fully saturated rings. The van der Waals surface area contributed by atoms with E-state index in [0.717, 1.165) is 11.3 Å². The molecule has 0 aliphatic carbocycles. The Balaban J connectivity index is 1.69. The van der Waals surface area contributed by atoms with Crippen molar-refractivity contribution in [2.24, 2.45) is 0 Å². The second-order valence-electron chi connectivity index (χ2n) is 7.55. The molecule has 5 aromatic rings. The number of allylic oxidation sites excluding steroid dienone is 1. The molecule has 1 N–H and O–H groups in total. The van der Waals surface area contributed by atoms with Crippen LogP contribution in [-0.2, 0) is 0 Å². The lowest BCUT2D eigenvalue weighted by Crippen LogP contribution is -2.11. The highest BCUT2D eigenvalue weighted by molar-refractivity contribution is 5.91. The van der Waals surface area contributed by atoms with Crippen LogP contribution in [0.1, 0.15) is 11.4 Å². The molecule has 7 nitrogen and oxygen atoms in total. The van der Waals surface area contributed by atoms with E-state index in [1.807, 2.05) is 60.8 Å². The lowest BCUT2D eigenvalue weighted by molar-refractivity contribution is 0.415. The van der Waals surface area contributed by atoms with E-state index in [0.29, 0.717) is 27.9 Å². The van der Waals surface area contributed by atoms with Gasteiger partial charge in [0, 0.05) is 17.3 Å². The maximum absolute atomic E-state index is 12.6. The van der Waals surface area contributed by atoms with Crippen LogP contribution >= 0.6 is 0 Å². The minimum atomic E-state index is -0.297. The van der Waals surface area contributed by atoms with Gasteiger partial charge in [0.05, 0.1) is 29.3 Å². The van der Waals surface area contributed by atoms with E-state index in [9.17, 15) is 10.1 Å². The van der Waals surface area contributed by atoms with Crippen molar-refractivity contribution in [2.75, 3.05) is 7.11 Å². The summed E-state index contributed by atoms with van der Waals surface area (Å²) in [4.78, 5) is 19.8. The van der Waals surface area contributed by atoms with Gasteiger partial charge < -0.3 is 9.72 Å². The zero-order valence-corrected chi connectivity index (χ0v) is 18.3. The lowest BCUT2D eigenvalue weighted by Gasteiger charge is -2.04. The summed E-state index contributed by atoms with van der Waals surface area (Å²) < 4.78 is 7.14. The summed E-state index contributed by atoms with van der Waals surface area (Å²) in [6.45, 7) is 0. The first-order valence-electron chi connectivity index (χ1n) is 10.6. The number of methoxy groups -OCH3 is 1. The van der Waals surface area contributed by atoms with Gasteiger partial charge in [-0.25, -0.2) is 9.67 Å². The predicted octanol–water partition coefficient (Wildman–Crippen LogP) is 4.85. The first-order chi connectivity index (χ1) is 16.7. The third-order valence-electron chi connectivity index (χ3n) is 5.39. The van der Waals surface area contributed by atoms with Crippen LogP contribution in [0.4, 0.5) is 0 Å². The number of benzene rings is 3. The number of aromatic amines is 1. The molecule has 0 amide bonds. The molecular formula is C27H19N5O2. The van der Waals surface area contributed by atoms with E-state index in [-0.39, 0.29) is 17.0 Å². The van der Waals surface area contributed by atoms with Crippen molar-refractivity contribution in [1.82, 2.24) is 19.7 Å². The van der Waals surface area contributed by atoms with Crippen LogP contribution in [0.15, 0.2) is 89.9 Å². The van der Waals surface area contributed by atoms with Crippen LogP contribution in [0, 0.1) is 11.3 Å². The van der Waals surface area contributed by atoms with Crippen molar-refractivity contribution in [1.29, 1.82) is 5.26 Å². The summed E-state index contributed by atoms with van der Waals surface area (Å²) in [5.41, 5.74) is 3.52. The minimum absolute atomic E-state index is 0.204. The molecule has 0 spiro atoms. The Morgan fingerprint density at radius 1 is 1.06 bits per heavy atom. The summed E-state index contributed by atoms with van der Waals surface area (Å²) in [5.74, 6) is 0.901. The third-order valence-corrected chi connectivity index (χ3v) is 5.39. The van der Waals surface area contributed by atoms with Crippen LogP contribution in [0.25, 0.3) is 39.5 Å². The van der Waals surface area contributed by atoms with Crippen LogP contribution < -0.4 is 10.3 Å². The Bertz CT molecular complexity index is 1620. The van der Waals surface area contributed by atoms with Crippen molar-refractivity contribution in [3.8, 4) is 28.8 Å². The number of nitriles is 1. The molecule has 5 rings (SSSR count). The molecule has 3 aromatic carbocycles. The zero-order valence-electron chi connectivity index (χ0n) is 18.3. The van der Waals surface area contributed by atoms with E-state index in [1.165, 1.54) is 0 Å². The summed E-state index contributed by atoms with van der Waals surface area (Å²) in [6.07, 6.45) is 3.54. The molecule has 0 unspecified atom stereocenters.